The van der Waals surface area contributed by atoms with Crippen LogP contribution < -0.4 is 5.32 Å². The Morgan fingerprint density at radius 3 is 2.57 bits per heavy atom. The molecule has 122 valence electrons. The number of carbonyl (C=O) groups is 1. The van der Waals surface area contributed by atoms with Gasteiger partial charge in [-0.3, -0.25) is 0 Å². The van der Waals surface area contributed by atoms with Crippen molar-refractivity contribution in [3.63, 3.8) is 0 Å². The van der Waals surface area contributed by atoms with Crippen LogP contribution in [0, 0.1) is 5.82 Å². The molecule has 5 heteroatoms. The average molecular weight is 379 g/mol. The van der Waals surface area contributed by atoms with Gasteiger partial charge in [0.1, 0.15) is 5.82 Å². The van der Waals surface area contributed by atoms with E-state index in [1.54, 1.807) is 25.2 Å². The van der Waals surface area contributed by atoms with Gasteiger partial charge in [0.25, 0.3) is 0 Å². The van der Waals surface area contributed by atoms with Crippen LogP contribution in [-0.2, 0) is 6.42 Å². The van der Waals surface area contributed by atoms with Crippen molar-refractivity contribution in [1.82, 2.24) is 10.2 Å². The number of halogens is 2. The summed E-state index contributed by atoms with van der Waals surface area (Å²) in [6, 6.07) is 13.9. The summed E-state index contributed by atoms with van der Waals surface area (Å²) in [5, 5.41) is 2.87. The second-order valence-corrected chi connectivity index (χ2v) is 6.24. The zero-order valence-electron chi connectivity index (χ0n) is 13.2. The van der Waals surface area contributed by atoms with Gasteiger partial charge in [-0.1, -0.05) is 52.3 Å². The average Bonchev–Trinajstić information content (AvgIpc) is 2.55. The van der Waals surface area contributed by atoms with Gasteiger partial charge >= 0.3 is 6.03 Å². The number of amides is 2. The fourth-order valence-corrected chi connectivity index (χ4v) is 2.81. The van der Waals surface area contributed by atoms with Crippen molar-refractivity contribution < 1.29 is 9.18 Å². The van der Waals surface area contributed by atoms with Crippen molar-refractivity contribution in [3.8, 4) is 0 Å². The van der Waals surface area contributed by atoms with Crippen LogP contribution in [-0.4, -0.2) is 24.5 Å². The van der Waals surface area contributed by atoms with Gasteiger partial charge in [0, 0.05) is 23.6 Å². The molecule has 2 aromatic rings. The highest BCUT2D eigenvalue weighted by Crippen LogP contribution is 2.21. The number of nitrogens with one attached hydrogen (secondary N) is 1. The van der Waals surface area contributed by atoms with E-state index in [1.165, 1.54) is 11.0 Å². The monoisotopic (exact) mass is 378 g/mol. The number of nitrogens with zero attached hydrogens (tertiary/aromatic N) is 1. The summed E-state index contributed by atoms with van der Waals surface area (Å²) < 4.78 is 14.8. The third kappa shape index (κ3) is 4.55. The molecule has 1 atom stereocenters. The first-order valence-corrected chi connectivity index (χ1v) is 8.28. The van der Waals surface area contributed by atoms with E-state index < -0.39 is 0 Å². The van der Waals surface area contributed by atoms with E-state index in [4.69, 9.17) is 0 Å². The van der Waals surface area contributed by atoms with Gasteiger partial charge in [0.2, 0.25) is 0 Å². The van der Waals surface area contributed by atoms with Crippen LogP contribution in [0.3, 0.4) is 0 Å². The van der Waals surface area contributed by atoms with E-state index in [1.807, 2.05) is 31.2 Å². The molecule has 0 aliphatic carbocycles. The molecule has 0 aromatic heterocycles. The standard InChI is InChI=1S/C18H20BrFN2O/c1-13(15-8-4-6-10-17(15)20)22(2)18(23)21-12-11-14-7-3-5-9-16(14)19/h3-10,13H,11-12H2,1-2H3,(H,21,23). The molecule has 23 heavy (non-hydrogen) atoms. The molecule has 0 saturated carbocycles. The number of hydrogen-bond acceptors (Lipinski definition) is 1. The Bertz CT molecular complexity index is 678. The van der Waals surface area contributed by atoms with E-state index in [0.29, 0.717) is 12.1 Å². The van der Waals surface area contributed by atoms with Crippen molar-refractivity contribution in [3.05, 3.63) is 69.9 Å². The molecule has 0 spiro atoms. The minimum atomic E-state index is -0.334. The van der Waals surface area contributed by atoms with Gasteiger partial charge < -0.3 is 10.2 Å². The maximum Gasteiger partial charge on any atom is 0.317 e. The van der Waals surface area contributed by atoms with Crippen LogP contribution in [0.25, 0.3) is 0 Å². The smallest absolute Gasteiger partial charge is 0.317 e. The summed E-state index contributed by atoms with van der Waals surface area (Å²) in [6.45, 7) is 2.33. The lowest BCUT2D eigenvalue weighted by Crippen LogP contribution is -2.39. The Labute approximate surface area is 144 Å². The predicted octanol–water partition coefficient (Wildman–Crippen LogP) is 4.53. The highest BCUT2D eigenvalue weighted by molar-refractivity contribution is 9.10. The van der Waals surface area contributed by atoms with Crippen molar-refractivity contribution in [2.75, 3.05) is 13.6 Å². The van der Waals surface area contributed by atoms with E-state index in [0.717, 1.165) is 16.5 Å². The summed E-state index contributed by atoms with van der Waals surface area (Å²) in [5.74, 6) is -0.298. The SMILES string of the molecule is CC(c1ccccc1F)N(C)C(=O)NCCc1ccccc1Br. The second kappa shape index (κ2) is 8.11. The zero-order valence-corrected chi connectivity index (χ0v) is 14.8. The third-order valence-electron chi connectivity index (χ3n) is 3.89. The first-order chi connectivity index (χ1) is 11.0. The van der Waals surface area contributed by atoms with Crippen LogP contribution in [0.4, 0.5) is 9.18 Å². The van der Waals surface area contributed by atoms with Crippen LogP contribution in [0.15, 0.2) is 53.0 Å². The number of rotatable bonds is 5. The Morgan fingerprint density at radius 2 is 1.87 bits per heavy atom. The van der Waals surface area contributed by atoms with Crippen LogP contribution in [0.2, 0.25) is 0 Å². The van der Waals surface area contributed by atoms with E-state index >= 15 is 0 Å². The normalized spacial score (nSPS) is 11.8. The maximum atomic E-state index is 13.8. The van der Waals surface area contributed by atoms with Gasteiger partial charge in [-0.15, -0.1) is 0 Å². The fourth-order valence-electron chi connectivity index (χ4n) is 2.33. The molecule has 1 N–H and O–H groups in total. The lowest BCUT2D eigenvalue weighted by molar-refractivity contribution is 0.193. The van der Waals surface area contributed by atoms with Crippen LogP contribution in [0.5, 0.6) is 0 Å². The van der Waals surface area contributed by atoms with Crippen LogP contribution in [0.1, 0.15) is 24.1 Å². The Hall–Kier alpha value is -1.88. The molecule has 0 aliphatic rings. The van der Waals surface area contributed by atoms with Crippen molar-refractivity contribution >= 4 is 22.0 Å². The van der Waals surface area contributed by atoms with E-state index in [-0.39, 0.29) is 17.9 Å². The van der Waals surface area contributed by atoms with E-state index in [9.17, 15) is 9.18 Å². The molecule has 0 fully saturated rings. The minimum Gasteiger partial charge on any atom is -0.338 e. The zero-order chi connectivity index (χ0) is 16.8. The Kier molecular flexibility index (Phi) is 6.16. The van der Waals surface area contributed by atoms with Crippen molar-refractivity contribution in [1.29, 1.82) is 0 Å². The number of carbonyl (C=O) groups excluding carboxylic acids is 1. The molecule has 1 unspecified atom stereocenters. The minimum absolute atomic E-state index is 0.215. The summed E-state index contributed by atoms with van der Waals surface area (Å²) in [5.41, 5.74) is 1.65. The maximum absolute atomic E-state index is 13.8. The highest BCUT2D eigenvalue weighted by Gasteiger charge is 2.19. The van der Waals surface area contributed by atoms with Gasteiger partial charge in [0.05, 0.1) is 6.04 Å². The van der Waals surface area contributed by atoms with Crippen molar-refractivity contribution in [2.24, 2.45) is 0 Å². The van der Waals surface area contributed by atoms with Gasteiger partial charge in [-0.25, -0.2) is 9.18 Å². The lowest BCUT2D eigenvalue weighted by Gasteiger charge is -2.26. The molecular formula is C18H20BrFN2O. The predicted molar refractivity (Wildman–Crippen MR) is 93.8 cm³/mol. The largest absolute Gasteiger partial charge is 0.338 e. The van der Waals surface area contributed by atoms with Gasteiger partial charge in [-0.05, 0) is 31.0 Å². The lowest BCUT2D eigenvalue weighted by atomic mass is 10.1. The number of hydrogen-bond donors (Lipinski definition) is 1. The summed E-state index contributed by atoms with van der Waals surface area (Å²) in [7, 11) is 1.67. The van der Waals surface area contributed by atoms with E-state index in [2.05, 4.69) is 21.2 Å². The molecule has 2 amide bonds. The second-order valence-electron chi connectivity index (χ2n) is 5.38. The Morgan fingerprint density at radius 1 is 1.22 bits per heavy atom. The molecule has 0 bridgehead atoms. The molecule has 2 aromatic carbocycles. The molecule has 0 heterocycles. The Balaban J connectivity index is 1.90. The highest BCUT2D eigenvalue weighted by atomic mass is 79.9. The molecule has 2 rings (SSSR count). The molecule has 0 radical (unpaired) electrons. The van der Waals surface area contributed by atoms with Crippen LogP contribution >= 0.6 is 15.9 Å². The van der Waals surface area contributed by atoms with Gasteiger partial charge in [0.15, 0.2) is 0 Å². The number of urea groups is 1. The molecular weight excluding hydrogens is 359 g/mol. The van der Waals surface area contributed by atoms with Crippen molar-refractivity contribution in [2.45, 2.75) is 19.4 Å². The summed E-state index contributed by atoms with van der Waals surface area (Å²) >= 11 is 3.49. The quantitative estimate of drug-likeness (QED) is 0.813. The third-order valence-corrected chi connectivity index (χ3v) is 4.66. The first-order valence-electron chi connectivity index (χ1n) is 7.49. The first kappa shape index (κ1) is 17.5. The topological polar surface area (TPSA) is 32.3 Å². The summed E-state index contributed by atoms with van der Waals surface area (Å²) in [6.07, 6.45) is 0.731. The molecule has 0 aliphatic heterocycles. The molecule has 0 saturated heterocycles. The fraction of sp³-hybridized carbons (Fsp3) is 0.278. The summed E-state index contributed by atoms with van der Waals surface area (Å²) in [4.78, 5) is 13.7. The molecule has 3 nitrogen and oxygen atoms in total. The number of benzene rings is 2. The van der Waals surface area contributed by atoms with Gasteiger partial charge in [-0.2, -0.15) is 0 Å².